The second-order valence-electron chi connectivity index (χ2n) is 5.27. The Morgan fingerprint density at radius 2 is 2.35 bits per heavy atom. The fraction of sp³-hybridized carbons (Fsp3) is 0.533. The Morgan fingerprint density at radius 1 is 1.55 bits per heavy atom. The quantitative estimate of drug-likeness (QED) is 0.916. The number of nitrogens with zero attached hydrogens (tertiary/aromatic N) is 2. The van der Waals surface area contributed by atoms with Crippen LogP contribution in [0.4, 0.5) is 10.1 Å². The molecule has 1 unspecified atom stereocenters. The van der Waals surface area contributed by atoms with E-state index in [1.54, 1.807) is 6.07 Å². The van der Waals surface area contributed by atoms with Gasteiger partial charge < -0.3 is 10.1 Å². The normalized spacial score (nSPS) is 19.9. The molecule has 1 fully saturated rings. The van der Waals surface area contributed by atoms with Gasteiger partial charge in [-0.05, 0) is 32.0 Å². The molecular weight excluding hydrogens is 257 g/mol. The number of anilines is 1. The summed E-state index contributed by atoms with van der Waals surface area (Å²) in [6.45, 7) is 7.58. The van der Waals surface area contributed by atoms with Gasteiger partial charge in [-0.1, -0.05) is 0 Å². The molecule has 0 aromatic heterocycles. The molecule has 1 aliphatic heterocycles. The molecule has 4 nitrogen and oxygen atoms in total. The molecule has 1 aromatic rings. The highest BCUT2D eigenvalue weighted by Gasteiger charge is 2.21. The predicted molar refractivity (Wildman–Crippen MR) is 76.1 cm³/mol. The molecule has 20 heavy (non-hydrogen) atoms. The smallest absolute Gasteiger partial charge is 0.141 e. The Hall–Kier alpha value is -1.64. The van der Waals surface area contributed by atoms with E-state index in [4.69, 9.17) is 10.00 Å². The van der Waals surface area contributed by atoms with Crippen LogP contribution in [-0.4, -0.2) is 43.3 Å². The van der Waals surface area contributed by atoms with E-state index >= 15 is 0 Å². The van der Waals surface area contributed by atoms with Crippen LogP contribution in [0.1, 0.15) is 19.4 Å². The Labute approximate surface area is 119 Å². The topological polar surface area (TPSA) is 48.3 Å². The second kappa shape index (κ2) is 6.69. The molecule has 1 aromatic carbocycles. The van der Waals surface area contributed by atoms with Crippen molar-refractivity contribution in [3.05, 3.63) is 29.6 Å². The van der Waals surface area contributed by atoms with Crippen LogP contribution >= 0.6 is 0 Å². The average Bonchev–Trinajstić information content (AvgIpc) is 2.46. The van der Waals surface area contributed by atoms with Crippen LogP contribution in [0.2, 0.25) is 0 Å². The van der Waals surface area contributed by atoms with Crippen LogP contribution in [0.3, 0.4) is 0 Å². The van der Waals surface area contributed by atoms with Gasteiger partial charge in [-0.25, -0.2) is 4.39 Å². The summed E-state index contributed by atoms with van der Waals surface area (Å²) in [5.74, 6) is -0.488. The molecule has 0 saturated carbocycles. The Bertz CT molecular complexity index is 498. The van der Waals surface area contributed by atoms with Gasteiger partial charge in [0.1, 0.15) is 11.9 Å². The monoisotopic (exact) mass is 277 g/mol. The number of ether oxygens (including phenoxy) is 1. The number of hydrogen-bond donors (Lipinski definition) is 1. The van der Waals surface area contributed by atoms with Crippen molar-refractivity contribution in [2.75, 3.05) is 31.6 Å². The number of halogens is 1. The summed E-state index contributed by atoms with van der Waals surface area (Å²) < 4.78 is 18.9. The molecule has 1 saturated heterocycles. The highest BCUT2D eigenvalue weighted by Crippen LogP contribution is 2.15. The zero-order valence-corrected chi connectivity index (χ0v) is 11.9. The van der Waals surface area contributed by atoms with Crippen molar-refractivity contribution >= 4 is 5.69 Å². The standard InChI is InChI=1S/C15H20FN3O/c1-11(2)19-5-6-20-14(10-19)9-18-13-3-4-15(16)12(7-13)8-17/h3-4,7,11,14,18H,5-6,9-10H2,1-2H3. The van der Waals surface area contributed by atoms with Crippen molar-refractivity contribution in [3.63, 3.8) is 0 Å². The number of benzene rings is 1. The van der Waals surface area contributed by atoms with E-state index < -0.39 is 5.82 Å². The van der Waals surface area contributed by atoms with E-state index in [9.17, 15) is 4.39 Å². The molecule has 1 N–H and O–H groups in total. The van der Waals surface area contributed by atoms with Gasteiger partial charge in [0.15, 0.2) is 0 Å². The van der Waals surface area contributed by atoms with Crippen molar-refractivity contribution in [1.82, 2.24) is 4.90 Å². The lowest BCUT2D eigenvalue weighted by Gasteiger charge is -2.35. The molecule has 0 radical (unpaired) electrons. The Morgan fingerprint density at radius 3 is 3.05 bits per heavy atom. The van der Waals surface area contributed by atoms with Crippen LogP contribution in [0, 0.1) is 17.1 Å². The van der Waals surface area contributed by atoms with Crippen LogP contribution < -0.4 is 5.32 Å². The van der Waals surface area contributed by atoms with Crippen molar-refractivity contribution in [3.8, 4) is 6.07 Å². The van der Waals surface area contributed by atoms with Gasteiger partial charge in [0.25, 0.3) is 0 Å². The van der Waals surface area contributed by atoms with E-state index in [1.807, 2.05) is 6.07 Å². The fourth-order valence-electron chi connectivity index (χ4n) is 2.29. The molecule has 0 aliphatic carbocycles. The first-order valence-electron chi connectivity index (χ1n) is 6.89. The first-order chi connectivity index (χ1) is 9.60. The molecule has 0 amide bonds. The molecule has 0 bridgehead atoms. The summed E-state index contributed by atoms with van der Waals surface area (Å²) in [6, 6.07) is 6.83. The van der Waals surface area contributed by atoms with E-state index in [0.717, 1.165) is 25.4 Å². The SMILES string of the molecule is CC(C)N1CCOC(CNc2ccc(F)c(C#N)c2)C1. The maximum Gasteiger partial charge on any atom is 0.141 e. The van der Waals surface area contributed by atoms with Gasteiger partial charge in [0.2, 0.25) is 0 Å². The van der Waals surface area contributed by atoms with Crippen molar-refractivity contribution in [1.29, 1.82) is 5.26 Å². The zero-order valence-electron chi connectivity index (χ0n) is 11.9. The molecule has 5 heteroatoms. The molecule has 1 aliphatic rings. The number of hydrogen-bond acceptors (Lipinski definition) is 4. The van der Waals surface area contributed by atoms with Crippen molar-refractivity contribution in [2.45, 2.75) is 26.0 Å². The number of nitriles is 1. The lowest BCUT2D eigenvalue weighted by molar-refractivity contribution is -0.0315. The summed E-state index contributed by atoms with van der Waals surface area (Å²) in [6.07, 6.45) is 0.113. The third kappa shape index (κ3) is 3.69. The molecular formula is C15H20FN3O. The highest BCUT2D eigenvalue weighted by atomic mass is 19.1. The third-order valence-corrected chi connectivity index (χ3v) is 3.52. The average molecular weight is 277 g/mol. The van der Waals surface area contributed by atoms with Gasteiger partial charge in [-0.15, -0.1) is 0 Å². The predicted octanol–water partition coefficient (Wildman–Crippen LogP) is 2.22. The Kier molecular flexibility index (Phi) is 4.94. The van der Waals surface area contributed by atoms with Gasteiger partial charge >= 0.3 is 0 Å². The van der Waals surface area contributed by atoms with E-state index in [0.29, 0.717) is 12.6 Å². The van der Waals surface area contributed by atoms with Gasteiger partial charge in [-0.2, -0.15) is 5.26 Å². The minimum absolute atomic E-state index is 0.0587. The van der Waals surface area contributed by atoms with Crippen LogP contribution in [-0.2, 0) is 4.74 Å². The van der Waals surface area contributed by atoms with Crippen LogP contribution in [0.25, 0.3) is 0 Å². The summed E-state index contributed by atoms with van der Waals surface area (Å²) in [4.78, 5) is 2.38. The van der Waals surface area contributed by atoms with E-state index in [2.05, 4.69) is 24.1 Å². The van der Waals surface area contributed by atoms with Gasteiger partial charge in [-0.3, -0.25) is 4.90 Å². The third-order valence-electron chi connectivity index (χ3n) is 3.52. The second-order valence-corrected chi connectivity index (χ2v) is 5.27. The minimum Gasteiger partial charge on any atom is -0.382 e. The van der Waals surface area contributed by atoms with E-state index in [-0.39, 0.29) is 11.7 Å². The number of nitrogens with one attached hydrogen (secondary N) is 1. The Balaban J connectivity index is 1.90. The fourth-order valence-corrected chi connectivity index (χ4v) is 2.29. The molecule has 108 valence electrons. The van der Waals surface area contributed by atoms with Crippen molar-refractivity contribution in [2.24, 2.45) is 0 Å². The van der Waals surface area contributed by atoms with Crippen molar-refractivity contribution < 1.29 is 9.13 Å². The van der Waals surface area contributed by atoms with E-state index in [1.165, 1.54) is 12.1 Å². The first kappa shape index (κ1) is 14.8. The highest BCUT2D eigenvalue weighted by molar-refractivity contribution is 5.49. The van der Waals surface area contributed by atoms with Gasteiger partial charge in [0, 0.05) is 31.4 Å². The van der Waals surface area contributed by atoms with Gasteiger partial charge in [0.05, 0.1) is 18.3 Å². The first-order valence-corrected chi connectivity index (χ1v) is 6.89. The molecule has 2 rings (SSSR count). The summed E-state index contributed by atoms with van der Waals surface area (Å²) in [5.41, 5.74) is 0.802. The lowest BCUT2D eigenvalue weighted by atomic mass is 10.2. The number of morpholine rings is 1. The minimum atomic E-state index is -0.488. The summed E-state index contributed by atoms with van der Waals surface area (Å²) in [7, 11) is 0. The molecule has 0 spiro atoms. The maximum atomic E-state index is 13.2. The number of rotatable bonds is 4. The summed E-state index contributed by atoms with van der Waals surface area (Å²) >= 11 is 0. The lowest BCUT2D eigenvalue weighted by Crippen LogP contribution is -2.48. The summed E-state index contributed by atoms with van der Waals surface area (Å²) in [5, 5.41) is 12.0. The molecule has 1 heterocycles. The largest absolute Gasteiger partial charge is 0.382 e. The van der Waals surface area contributed by atoms with Crippen LogP contribution in [0.15, 0.2) is 18.2 Å². The zero-order chi connectivity index (χ0) is 14.5. The molecule has 1 atom stereocenters. The maximum absolute atomic E-state index is 13.2. The van der Waals surface area contributed by atoms with Crippen LogP contribution in [0.5, 0.6) is 0 Å².